The van der Waals surface area contributed by atoms with Crippen LogP contribution in [0.4, 0.5) is 0 Å². The minimum atomic E-state index is -1.51. The first-order chi connectivity index (χ1) is 17.9. The Labute approximate surface area is 234 Å². The first-order valence-electron chi connectivity index (χ1n) is 14.2. The van der Waals surface area contributed by atoms with Crippen molar-refractivity contribution in [2.45, 2.75) is 124 Å². The van der Waals surface area contributed by atoms with Gasteiger partial charge < -0.3 is 25.4 Å². The van der Waals surface area contributed by atoms with Gasteiger partial charge in [0.2, 0.25) is 17.7 Å². The number of hydrogen-bond acceptors (Lipinski definition) is 7. The Morgan fingerprint density at radius 3 is 1.85 bits per heavy atom. The van der Waals surface area contributed by atoms with Gasteiger partial charge in [-0.25, -0.2) is 0 Å². The zero-order valence-electron chi connectivity index (χ0n) is 25.7. The molecular weight excluding hydrogens is 502 g/mol. The number of hydrogen-bond donors (Lipinski definition) is 3. The van der Waals surface area contributed by atoms with E-state index in [1.165, 1.54) is 18.7 Å². The molecule has 0 aliphatic carbocycles. The summed E-state index contributed by atoms with van der Waals surface area (Å²) in [6.07, 6.45) is -0.155. The van der Waals surface area contributed by atoms with Crippen LogP contribution in [0.25, 0.3) is 0 Å². The highest BCUT2D eigenvalue weighted by Gasteiger charge is 2.57. The second kappa shape index (κ2) is 14.3. The number of epoxide rings is 1. The standard InChI is InChI=1S/C29H51N3O7/c1-12-16(5)23(31-28(38)24(17(6)13-2)32(11)20(9)34)25(35)22(18(7)33)27(37)30-21(14-15(3)4)26(36)29(10)19(8)39-29/h15-19,21-24,33H,12-14H2,1-11H3,(H,30,37)(H,31,38)/t16-,17-,18+,19+,21-,22-,23-,24-,29+/m0/s1. The van der Waals surface area contributed by atoms with Crippen LogP contribution in [0, 0.1) is 23.7 Å². The molecule has 0 spiro atoms. The van der Waals surface area contributed by atoms with Gasteiger partial charge in [0, 0.05) is 14.0 Å². The molecule has 1 heterocycles. The number of carbonyl (C=O) groups is 5. The van der Waals surface area contributed by atoms with Crippen molar-refractivity contribution in [2.75, 3.05) is 7.05 Å². The van der Waals surface area contributed by atoms with Gasteiger partial charge in [-0.1, -0.05) is 54.4 Å². The maximum absolute atomic E-state index is 13.8. The van der Waals surface area contributed by atoms with E-state index in [4.69, 9.17) is 4.74 Å². The van der Waals surface area contributed by atoms with Crippen LogP contribution in [0.15, 0.2) is 0 Å². The van der Waals surface area contributed by atoms with E-state index in [1.54, 1.807) is 27.8 Å². The van der Waals surface area contributed by atoms with Crippen molar-refractivity contribution in [3.63, 3.8) is 0 Å². The molecule has 3 amide bonds. The van der Waals surface area contributed by atoms with Gasteiger partial charge in [-0.05, 0) is 44.9 Å². The quantitative estimate of drug-likeness (QED) is 0.196. The number of amides is 3. The molecule has 1 saturated heterocycles. The third-order valence-electron chi connectivity index (χ3n) is 8.22. The summed E-state index contributed by atoms with van der Waals surface area (Å²) >= 11 is 0. The highest BCUT2D eigenvalue weighted by atomic mass is 16.6. The highest BCUT2D eigenvalue weighted by molar-refractivity contribution is 6.07. The number of likely N-dealkylation sites (N-methyl/N-ethyl adjacent to an activating group) is 1. The Morgan fingerprint density at radius 2 is 1.46 bits per heavy atom. The highest BCUT2D eigenvalue weighted by Crippen LogP contribution is 2.38. The normalized spacial score (nSPS) is 24.0. The number of carbonyl (C=O) groups excluding carboxylic acids is 5. The second-order valence-corrected chi connectivity index (χ2v) is 11.9. The fourth-order valence-corrected chi connectivity index (χ4v) is 4.88. The van der Waals surface area contributed by atoms with E-state index in [0.717, 1.165) is 0 Å². The van der Waals surface area contributed by atoms with Crippen molar-refractivity contribution < 1.29 is 33.8 Å². The largest absolute Gasteiger partial charge is 0.392 e. The zero-order chi connectivity index (χ0) is 30.4. The zero-order valence-corrected chi connectivity index (χ0v) is 25.7. The molecule has 10 nitrogen and oxygen atoms in total. The van der Waals surface area contributed by atoms with Crippen LogP contribution in [-0.2, 0) is 28.7 Å². The predicted molar refractivity (Wildman–Crippen MR) is 149 cm³/mol. The van der Waals surface area contributed by atoms with E-state index >= 15 is 0 Å². The number of rotatable bonds is 16. The van der Waals surface area contributed by atoms with Gasteiger partial charge in [0.1, 0.15) is 12.0 Å². The minimum Gasteiger partial charge on any atom is -0.392 e. The van der Waals surface area contributed by atoms with Crippen molar-refractivity contribution in [2.24, 2.45) is 23.7 Å². The molecule has 1 aliphatic rings. The number of nitrogens with one attached hydrogen (secondary N) is 2. The molecule has 0 aromatic rings. The van der Waals surface area contributed by atoms with E-state index in [1.807, 2.05) is 34.6 Å². The summed E-state index contributed by atoms with van der Waals surface area (Å²) in [4.78, 5) is 67.4. The second-order valence-electron chi connectivity index (χ2n) is 11.9. The third-order valence-corrected chi connectivity index (χ3v) is 8.22. The van der Waals surface area contributed by atoms with Crippen LogP contribution in [-0.4, -0.2) is 82.3 Å². The fourth-order valence-electron chi connectivity index (χ4n) is 4.88. The molecular formula is C29H51N3O7. The molecule has 10 heteroatoms. The number of nitrogens with zero attached hydrogens (tertiary/aromatic N) is 1. The molecule has 1 aliphatic heterocycles. The summed E-state index contributed by atoms with van der Waals surface area (Å²) in [7, 11) is 1.54. The molecule has 1 rings (SSSR count). The Kier molecular flexibility index (Phi) is 12.8. The molecule has 39 heavy (non-hydrogen) atoms. The maximum atomic E-state index is 13.8. The van der Waals surface area contributed by atoms with Crippen molar-refractivity contribution in [1.82, 2.24) is 15.5 Å². The lowest BCUT2D eigenvalue weighted by atomic mass is 9.84. The summed E-state index contributed by atoms with van der Waals surface area (Å²) < 4.78 is 5.49. The first kappa shape index (κ1) is 34.7. The SMILES string of the molecule is CC[C@H](C)[C@H](NC(=O)[C@H]([C@@H](C)CC)N(C)C(C)=O)C(=O)[C@@H](C(=O)N[C@@H](CC(C)C)C(=O)[C@]1(C)O[C@@H]1C)[C@@H](C)O. The Balaban J connectivity index is 3.30. The number of aliphatic hydroxyl groups excluding tert-OH is 1. The molecule has 3 N–H and O–H groups in total. The molecule has 0 aromatic heterocycles. The summed E-state index contributed by atoms with van der Waals surface area (Å²) in [5.41, 5.74) is -1.00. The lowest BCUT2D eigenvalue weighted by Gasteiger charge is -2.34. The summed E-state index contributed by atoms with van der Waals surface area (Å²) in [6, 6.07) is -2.78. The molecule has 0 unspecified atom stereocenters. The summed E-state index contributed by atoms with van der Waals surface area (Å²) in [6.45, 7) is 17.4. The summed E-state index contributed by atoms with van der Waals surface area (Å²) in [5, 5.41) is 16.1. The van der Waals surface area contributed by atoms with Crippen LogP contribution in [0.2, 0.25) is 0 Å². The van der Waals surface area contributed by atoms with Gasteiger partial charge in [-0.3, -0.25) is 24.0 Å². The molecule has 9 atom stereocenters. The topological polar surface area (TPSA) is 145 Å². The molecule has 0 bridgehead atoms. The van der Waals surface area contributed by atoms with E-state index in [2.05, 4.69) is 10.6 Å². The van der Waals surface area contributed by atoms with Crippen LogP contribution < -0.4 is 10.6 Å². The van der Waals surface area contributed by atoms with Gasteiger partial charge in [-0.2, -0.15) is 0 Å². The average Bonchev–Trinajstić information content (AvgIpc) is 3.47. The number of ether oxygens (including phenoxy) is 1. The van der Waals surface area contributed by atoms with Gasteiger partial charge >= 0.3 is 0 Å². The fraction of sp³-hybridized carbons (Fsp3) is 0.828. The van der Waals surface area contributed by atoms with E-state index in [-0.39, 0.29) is 35.5 Å². The molecule has 1 fully saturated rings. The van der Waals surface area contributed by atoms with Crippen molar-refractivity contribution in [1.29, 1.82) is 0 Å². The molecule has 0 saturated carbocycles. The van der Waals surface area contributed by atoms with Crippen molar-refractivity contribution >= 4 is 29.3 Å². The van der Waals surface area contributed by atoms with Crippen molar-refractivity contribution in [3.05, 3.63) is 0 Å². The number of ketones is 2. The van der Waals surface area contributed by atoms with Gasteiger partial charge in [0.25, 0.3) is 0 Å². The third kappa shape index (κ3) is 8.58. The van der Waals surface area contributed by atoms with E-state index in [9.17, 15) is 29.1 Å². The maximum Gasteiger partial charge on any atom is 0.243 e. The monoisotopic (exact) mass is 553 g/mol. The molecule has 0 aromatic carbocycles. The number of aliphatic hydroxyl groups is 1. The Hall–Kier alpha value is -2.33. The van der Waals surface area contributed by atoms with Crippen molar-refractivity contribution in [3.8, 4) is 0 Å². The Bertz CT molecular complexity index is 905. The summed E-state index contributed by atoms with van der Waals surface area (Å²) in [5.74, 6) is -4.45. The molecule has 0 radical (unpaired) electrons. The van der Waals surface area contributed by atoms with E-state index in [0.29, 0.717) is 19.3 Å². The average molecular weight is 554 g/mol. The lowest BCUT2D eigenvalue weighted by molar-refractivity contribution is -0.145. The van der Waals surface area contributed by atoms with Crippen LogP contribution in [0.5, 0.6) is 0 Å². The van der Waals surface area contributed by atoms with Gasteiger partial charge in [0.05, 0.1) is 24.3 Å². The van der Waals surface area contributed by atoms with Gasteiger partial charge in [0.15, 0.2) is 17.2 Å². The number of Topliss-reactive ketones (excluding diaryl/α,β-unsaturated/α-hetero) is 2. The van der Waals surface area contributed by atoms with Crippen LogP contribution in [0.1, 0.15) is 88.5 Å². The van der Waals surface area contributed by atoms with Crippen LogP contribution >= 0.6 is 0 Å². The molecule has 224 valence electrons. The minimum absolute atomic E-state index is 0.0699. The Morgan fingerprint density at radius 1 is 0.949 bits per heavy atom. The van der Waals surface area contributed by atoms with Crippen LogP contribution in [0.3, 0.4) is 0 Å². The van der Waals surface area contributed by atoms with E-state index < -0.39 is 53.3 Å². The predicted octanol–water partition coefficient (Wildman–Crippen LogP) is 2.25. The first-order valence-corrected chi connectivity index (χ1v) is 14.2. The smallest absolute Gasteiger partial charge is 0.243 e. The lowest BCUT2D eigenvalue weighted by Crippen LogP contribution is -2.59. The van der Waals surface area contributed by atoms with Gasteiger partial charge in [-0.15, -0.1) is 0 Å².